The number of rotatable bonds is 9. The van der Waals surface area contributed by atoms with Gasteiger partial charge in [-0.2, -0.15) is 4.72 Å². The lowest BCUT2D eigenvalue weighted by atomic mass is 10.1. The number of fused-ring (bicyclic) bond motifs is 1. The van der Waals surface area contributed by atoms with Crippen molar-refractivity contribution in [3.8, 4) is 0 Å². The van der Waals surface area contributed by atoms with Crippen LogP contribution in [0.1, 0.15) is 41.7 Å². The van der Waals surface area contributed by atoms with Gasteiger partial charge in [0.2, 0.25) is 15.5 Å². The second kappa shape index (κ2) is 10.6. The zero-order chi connectivity index (χ0) is 26.9. The molecule has 0 spiro atoms. The number of aryl methyl sites for hydroxylation is 1. The lowest BCUT2D eigenvalue weighted by molar-refractivity contribution is -0.144. The van der Waals surface area contributed by atoms with Gasteiger partial charge < -0.3 is 14.6 Å². The predicted octanol–water partition coefficient (Wildman–Crippen LogP) is 3.08. The second-order valence-electron chi connectivity index (χ2n) is 8.74. The molecule has 4 rings (SSSR count). The van der Waals surface area contributed by atoms with E-state index in [1.165, 1.54) is 24.4 Å². The van der Waals surface area contributed by atoms with E-state index in [1.54, 1.807) is 30.5 Å². The SMILES string of the molecule is CCOC(=O)C(CNC(=O)c1cn(C2CC2)c2cc(Cl)c(F)cc2c1=O)NS(=O)(=O)c1ccc(C)cc1. The molecule has 9 nitrogen and oxygen atoms in total. The maximum atomic E-state index is 14.1. The summed E-state index contributed by atoms with van der Waals surface area (Å²) in [6.45, 7) is 2.86. The average molecular weight is 550 g/mol. The molecule has 2 aromatic carbocycles. The summed E-state index contributed by atoms with van der Waals surface area (Å²) < 4.78 is 48.7. The molecule has 1 heterocycles. The summed E-state index contributed by atoms with van der Waals surface area (Å²) >= 11 is 5.91. The van der Waals surface area contributed by atoms with Crippen LogP contribution in [0.4, 0.5) is 4.39 Å². The van der Waals surface area contributed by atoms with Crippen molar-refractivity contribution in [3.63, 3.8) is 0 Å². The molecule has 0 saturated heterocycles. The minimum atomic E-state index is -4.13. The van der Waals surface area contributed by atoms with Gasteiger partial charge in [-0.1, -0.05) is 29.3 Å². The number of amides is 1. The zero-order valence-corrected chi connectivity index (χ0v) is 21.7. The normalized spacial score (nSPS) is 14.4. The maximum Gasteiger partial charge on any atom is 0.326 e. The van der Waals surface area contributed by atoms with Gasteiger partial charge in [-0.3, -0.25) is 14.4 Å². The van der Waals surface area contributed by atoms with Crippen molar-refractivity contribution in [1.29, 1.82) is 0 Å². The lowest BCUT2D eigenvalue weighted by Gasteiger charge is -2.18. The third-order valence-electron chi connectivity index (χ3n) is 5.93. The van der Waals surface area contributed by atoms with Gasteiger partial charge >= 0.3 is 5.97 Å². The number of carbonyl (C=O) groups excluding carboxylic acids is 2. The van der Waals surface area contributed by atoms with Crippen molar-refractivity contribution in [3.05, 3.63) is 74.8 Å². The summed E-state index contributed by atoms with van der Waals surface area (Å²) in [6.07, 6.45) is 3.02. The highest BCUT2D eigenvalue weighted by Gasteiger charge is 2.30. The predicted molar refractivity (Wildman–Crippen MR) is 136 cm³/mol. The van der Waals surface area contributed by atoms with Crippen molar-refractivity contribution >= 4 is 44.4 Å². The molecule has 196 valence electrons. The van der Waals surface area contributed by atoms with E-state index in [1.807, 2.05) is 0 Å². The van der Waals surface area contributed by atoms with E-state index < -0.39 is 45.7 Å². The summed E-state index contributed by atoms with van der Waals surface area (Å²) in [5.74, 6) is -2.54. The molecule has 1 atom stereocenters. The quantitative estimate of drug-likeness (QED) is 0.395. The van der Waals surface area contributed by atoms with Crippen molar-refractivity contribution in [2.45, 2.75) is 43.7 Å². The van der Waals surface area contributed by atoms with Crippen LogP contribution in [0.25, 0.3) is 10.9 Å². The lowest BCUT2D eigenvalue weighted by Crippen LogP contribution is -2.49. The summed E-state index contributed by atoms with van der Waals surface area (Å²) in [5.41, 5.74) is 0.270. The molecule has 1 saturated carbocycles. The van der Waals surface area contributed by atoms with Crippen LogP contribution in [-0.4, -0.2) is 44.1 Å². The van der Waals surface area contributed by atoms with E-state index in [0.29, 0.717) is 5.52 Å². The Balaban J connectivity index is 1.61. The Hall–Kier alpha value is -3.28. The highest BCUT2D eigenvalue weighted by atomic mass is 35.5. The van der Waals surface area contributed by atoms with Crippen LogP contribution in [0.3, 0.4) is 0 Å². The highest BCUT2D eigenvalue weighted by molar-refractivity contribution is 7.89. The third-order valence-corrected chi connectivity index (χ3v) is 7.70. The first kappa shape index (κ1) is 26.8. The fourth-order valence-corrected chi connectivity index (χ4v) is 5.18. The minimum Gasteiger partial charge on any atom is -0.465 e. The van der Waals surface area contributed by atoms with Gasteiger partial charge in [0, 0.05) is 24.2 Å². The molecular weight excluding hydrogens is 525 g/mol. The molecule has 0 radical (unpaired) electrons. The molecule has 1 aliphatic carbocycles. The number of hydrogen-bond acceptors (Lipinski definition) is 6. The number of aromatic nitrogens is 1. The van der Waals surface area contributed by atoms with Crippen molar-refractivity contribution in [2.24, 2.45) is 0 Å². The molecule has 1 amide bonds. The van der Waals surface area contributed by atoms with Crippen molar-refractivity contribution < 1.29 is 27.1 Å². The van der Waals surface area contributed by atoms with E-state index in [4.69, 9.17) is 16.3 Å². The minimum absolute atomic E-state index is 0.0107. The first-order valence-electron chi connectivity index (χ1n) is 11.6. The van der Waals surface area contributed by atoms with Crippen LogP contribution in [0.15, 0.2) is 52.3 Å². The van der Waals surface area contributed by atoms with Crippen LogP contribution < -0.4 is 15.5 Å². The molecule has 2 N–H and O–H groups in total. The first-order chi connectivity index (χ1) is 17.5. The van der Waals surface area contributed by atoms with E-state index in [-0.39, 0.29) is 33.5 Å². The number of benzene rings is 2. The molecule has 0 bridgehead atoms. The smallest absolute Gasteiger partial charge is 0.326 e. The number of nitrogens with one attached hydrogen (secondary N) is 2. The van der Waals surface area contributed by atoms with Crippen molar-refractivity contribution in [1.82, 2.24) is 14.6 Å². The van der Waals surface area contributed by atoms with Gasteiger partial charge in [-0.25, -0.2) is 12.8 Å². The Labute approximate surface area is 217 Å². The molecule has 1 fully saturated rings. The Morgan fingerprint density at radius 3 is 2.51 bits per heavy atom. The van der Waals surface area contributed by atoms with E-state index in [2.05, 4.69) is 10.0 Å². The fraction of sp³-hybridized carbons (Fsp3) is 0.320. The largest absolute Gasteiger partial charge is 0.465 e. The standard InChI is InChI=1S/C25H25ClFN3O6S/c1-3-36-25(33)21(29-37(34,35)16-8-4-14(2)5-9-16)12-28-24(32)18-13-30(15-6-7-15)22-11-19(26)20(27)10-17(22)23(18)31/h4-5,8-11,13,15,21,29H,3,6-7,12H2,1-2H3,(H,28,32). The Morgan fingerprint density at radius 1 is 1.22 bits per heavy atom. The van der Waals surface area contributed by atoms with Gasteiger partial charge in [0.15, 0.2) is 0 Å². The number of nitrogens with zero attached hydrogens (tertiary/aromatic N) is 1. The number of esters is 1. The topological polar surface area (TPSA) is 124 Å². The summed E-state index contributed by atoms with van der Waals surface area (Å²) in [6, 6.07) is 6.91. The number of sulfonamides is 1. The summed E-state index contributed by atoms with van der Waals surface area (Å²) in [4.78, 5) is 38.5. The highest BCUT2D eigenvalue weighted by Crippen LogP contribution is 2.37. The maximum absolute atomic E-state index is 14.1. The zero-order valence-electron chi connectivity index (χ0n) is 20.1. The van der Waals surface area contributed by atoms with E-state index in [0.717, 1.165) is 24.5 Å². The fourth-order valence-electron chi connectivity index (χ4n) is 3.84. The van der Waals surface area contributed by atoms with Gasteiger partial charge in [0.25, 0.3) is 5.91 Å². The molecule has 0 aliphatic heterocycles. The third kappa shape index (κ3) is 5.84. The molecular formula is C25H25ClFN3O6S. The van der Waals surface area contributed by atoms with Gasteiger partial charge in [0.1, 0.15) is 17.4 Å². The molecule has 37 heavy (non-hydrogen) atoms. The van der Waals surface area contributed by atoms with Crippen LogP contribution in [0, 0.1) is 12.7 Å². The Kier molecular flexibility index (Phi) is 7.67. The molecule has 1 aromatic heterocycles. The number of carbonyl (C=O) groups is 2. The van der Waals surface area contributed by atoms with E-state index >= 15 is 0 Å². The Bertz CT molecular complexity index is 1530. The van der Waals surface area contributed by atoms with Gasteiger partial charge in [0.05, 0.1) is 22.0 Å². The Morgan fingerprint density at radius 2 is 1.89 bits per heavy atom. The number of hydrogen-bond donors (Lipinski definition) is 2. The summed E-state index contributed by atoms with van der Waals surface area (Å²) in [5, 5.41) is 2.29. The second-order valence-corrected chi connectivity index (χ2v) is 10.9. The number of halogens is 2. The monoisotopic (exact) mass is 549 g/mol. The summed E-state index contributed by atoms with van der Waals surface area (Å²) in [7, 11) is -4.13. The van der Waals surface area contributed by atoms with Gasteiger partial charge in [-0.15, -0.1) is 0 Å². The van der Waals surface area contributed by atoms with E-state index in [9.17, 15) is 27.2 Å². The molecule has 3 aromatic rings. The van der Waals surface area contributed by atoms with Crippen molar-refractivity contribution in [2.75, 3.05) is 13.2 Å². The van der Waals surface area contributed by atoms with Crippen LogP contribution in [-0.2, 0) is 19.6 Å². The number of pyridine rings is 1. The molecule has 12 heteroatoms. The molecule has 1 aliphatic rings. The number of ether oxygens (including phenoxy) is 1. The molecule has 1 unspecified atom stereocenters. The first-order valence-corrected chi connectivity index (χ1v) is 13.5. The van der Waals surface area contributed by atoms with Crippen LogP contribution in [0.5, 0.6) is 0 Å². The van der Waals surface area contributed by atoms with Gasteiger partial charge in [-0.05, 0) is 51.0 Å². The van der Waals surface area contributed by atoms with Crippen LogP contribution >= 0.6 is 11.6 Å². The average Bonchev–Trinajstić information content (AvgIpc) is 3.69. The van der Waals surface area contributed by atoms with Crippen LogP contribution in [0.2, 0.25) is 5.02 Å².